The van der Waals surface area contributed by atoms with Crippen molar-refractivity contribution in [1.82, 2.24) is 15.1 Å². The number of amides is 3. The summed E-state index contributed by atoms with van der Waals surface area (Å²) in [6, 6.07) is 8.04. The highest BCUT2D eigenvalue weighted by Crippen LogP contribution is 2.05. The van der Waals surface area contributed by atoms with Crippen molar-refractivity contribution in [3.8, 4) is 0 Å². The summed E-state index contributed by atoms with van der Waals surface area (Å²) in [4.78, 5) is 38.9. The lowest BCUT2D eigenvalue weighted by Crippen LogP contribution is -2.45. The number of nitrogens with one attached hydrogen (secondary N) is 1. The van der Waals surface area contributed by atoms with Gasteiger partial charge in [0.05, 0.1) is 13.1 Å². The van der Waals surface area contributed by atoms with Crippen LogP contribution in [0.1, 0.15) is 30.9 Å². The van der Waals surface area contributed by atoms with E-state index in [1.165, 1.54) is 15.4 Å². The number of hydrogen-bond acceptors (Lipinski definition) is 3. The average Bonchev–Trinajstić information content (AvgIpc) is 2.58. The third-order valence-corrected chi connectivity index (χ3v) is 3.87. The van der Waals surface area contributed by atoms with Gasteiger partial charge in [0, 0.05) is 27.1 Å². The third kappa shape index (κ3) is 7.83. The van der Waals surface area contributed by atoms with Crippen molar-refractivity contribution in [2.24, 2.45) is 0 Å². The molecule has 3 amide bonds. The molecule has 1 aromatic rings. The molecule has 0 aliphatic rings. The van der Waals surface area contributed by atoms with E-state index in [-0.39, 0.29) is 30.8 Å². The van der Waals surface area contributed by atoms with Gasteiger partial charge in [-0.3, -0.25) is 14.4 Å². The molecule has 0 aromatic heterocycles. The molecule has 0 bridgehead atoms. The standard InChI is InChI=1S/C19H29N3O3/c1-5-12-22(14-19(25)21(3)4)18(24)13-20-17(23)11-10-16-8-6-15(2)7-9-16/h6-9H,5,10-14H2,1-4H3,(H,20,23). The van der Waals surface area contributed by atoms with Gasteiger partial charge in [0.25, 0.3) is 0 Å². The smallest absolute Gasteiger partial charge is 0.242 e. The molecular weight excluding hydrogens is 318 g/mol. The predicted molar refractivity (Wildman–Crippen MR) is 98.1 cm³/mol. The summed E-state index contributed by atoms with van der Waals surface area (Å²) in [6.07, 6.45) is 1.73. The third-order valence-electron chi connectivity index (χ3n) is 3.87. The van der Waals surface area contributed by atoms with Crippen LogP contribution in [0.25, 0.3) is 0 Å². The molecule has 0 spiro atoms. The molecule has 0 aliphatic carbocycles. The van der Waals surface area contributed by atoms with Crippen LogP contribution in [0.3, 0.4) is 0 Å². The number of hydrogen-bond donors (Lipinski definition) is 1. The molecule has 1 N–H and O–H groups in total. The maximum Gasteiger partial charge on any atom is 0.242 e. The largest absolute Gasteiger partial charge is 0.347 e. The molecule has 1 rings (SSSR count). The Balaban J connectivity index is 2.42. The molecule has 0 saturated carbocycles. The van der Waals surface area contributed by atoms with E-state index in [2.05, 4.69) is 5.32 Å². The van der Waals surface area contributed by atoms with E-state index in [1.807, 2.05) is 38.1 Å². The zero-order valence-electron chi connectivity index (χ0n) is 15.7. The van der Waals surface area contributed by atoms with E-state index in [0.717, 1.165) is 12.0 Å². The summed E-state index contributed by atoms with van der Waals surface area (Å²) >= 11 is 0. The minimum atomic E-state index is -0.235. The summed E-state index contributed by atoms with van der Waals surface area (Å²) in [5.74, 6) is -0.530. The fourth-order valence-electron chi connectivity index (χ4n) is 2.25. The maximum atomic E-state index is 12.2. The van der Waals surface area contributed by atoms with Gasteiger partial charge in [-0.2, -0.15) is 0 Å². The van der Waals surface area contributed by atoms with Crippen LogP contribution in [0.5, 0.6) is 0 Å². The van der Waals surface area contributed by atoms with Crippen LogP contribution in [-0.2, 0) is 20.8 Å². The molecule has 0 aliphatic heterocycles. The summed E-state index contributed by atoms with van der Waals surface area (Å²) in [5, 5.41) is 2.65. The molecule has 0 saturated heterocycles. The summed E-state index contributed by atoms with van der Waals surface area (Å²) in [6.45, 7) is 4.43. The minimum absolute atomic E-state index is 0.0406. The van der Waals surface area contributed by atoms with Crippen molar-refractivity contribution in [3.05, 3.63) is 35.4 Å². The van der Waals surface area contributed by atoms with E-state index >= 15 is 0 Å². The van der Waals surface area contributed by atoms with Crippen molar-refractivity contribution in [1.29, 1.82) is 0 Å². The zero-order valence-corrected chi connectivity index (χ0v) is 15.7. The van der Waals surface area contributed by atoms with Gasteiger partial charge < -0.3 is 15.1 Å². The summed E-state index contributed by atoms with van der Waals surface area (Å²) < 4.78 is 0. The lowest BCUT2D eigenvalue weighted by atomic mass is 10.1. The van der Waals surface area contributed by atoms with E-state index in [1.54, 1.807) is 14.1 Å². The van der Waals surface area contributed by atoms with E-state index in [4.69, 9.17) is 0 Å². The van der Waals surface area contributed by atoms with Crippen molar-refractivity contribution in [2.45, 2.75) is 33.1 Å². The Morgan fingerprint density at radius 3 is 2.24 bits per heavy atom. The van der Waals surface area contributed by atoms with Crippen LogP contribution in [0.2, 0.25) is 0 Å². The van der Waals surface area contributed by atoms with E-state index < -0.39 is 0 Å². The van der Waals surface area contributed by atoms with Gasteiger partial charge in [-0.25, -0.2) is 0 Å². The van der Waals surface area contributed by atoms with Crippen LogP contribution in [0.15, 0.2) is 24.3 Å². The first kappa shape index (κ1) is 20.7. The Morgan fingerprint density at radius 1 is 1.04 bits per heavy atom. The molecule has 6 nitrogen and oxygen atoms in total. The van der Waals surface area contributed by atoms with E-state index in [9.17, 15) is 14.4 Å². The molecule has 0 fully saturated rings. The monoisotopic (exact) mass is 347 g/mol. The number of carbonyl (C=O) groups excluding carboxylic acids is 3. The Morgan fingerprint density at radius 2 is 1.68 bits per heavy atom. The van der Waals surface area contributed by atoms with Crippen LogP contribution in [0, 0.1) is 6.92 Å². The summed E-state index contributed by atoms with van der Waals surface area (Å²) in [7, 11) is 3.31. The van der Waals surface area contributed by atoms with Gasteiger partial charge in [-0.1, -0.05) is 36.8 Å². The van der Waals surface area contributed by atoms with Gasteiger partial charge in [-0.05, 0) is 25.3 Å². The van der Waals surface area contributed by atoms with Gasteiger partial charge in [0.1, 0.15) is 0 Å². The number of benzene rings is 1. The fourth-order valence-corrected chi connectivity index (χ4v) is 2.25. The van der Waals surface area contributed by atoms with Crippen molar-refractivity contribution < 1.29 is 14.4 Å². The fraction of sp³-hybridized carbons (Fsp3) is 0.526. The van der Waals surface area contributed by atoms with E-state index in [0.29, 0.717) is 19.4 Å². The number of rotatable bonds is 9. The van der Waals surface area contributed by atoms with Crippen molar-refractivity contribution in [3.63, 3.8) is 0 Å². The second kappa shape index (κ2) is 10.5. The van der Waals surface area contributed by atoms with Gasteiger partial charge in [-0.15, -0.1) is 0 Å². The van der Waals surface area contributed by atoms with Crippen LogP contribution in [-0.4, -0.2) is 61.3 Å². The maximum absolute atomic E-state index is 12.2. The molecule has 0 heterocycles. The second-order valence-electron chi connectivity index (χ2n) is 6.37. The normalized spacial score (nSPS) is 10.2. The molecule has 138 valence electrons. The lowest BCUT2D eigenvalue weighted by molar-refractivity contribution is -0.139. The van der Waals surface area contributed by atoms with Crippen LogP contribution in [0.4, 0.5) is 0 Å². The average molecular weight is 347 g/mol. The SMILES string of the molecule is CCCN(CC(=O)N(C)C)C(=O)CNC(=O)CCc1ccc(C)cc1. The first-order valence-electron chi connectivity index (χ1n) is 8.63. The zero-order chi connectivity index (χ0) is 18.8. The molecule has 1 aromatic carbocycles. The Hall–Kier alpha value is -2.37. The highest BCUT2D eigenvalue weighted by atomic mass is 16.2. The number of nitrogens with zero attached hydrogens (tertiary/aromatic N) is 2. The second-order valence-corrected chi connectivity index (χ2v) is 6.37. The van der Waals surface area contributed by atoms with Crippen molar-refractivity contribution >= 4 is 17.7 Å². The number of aryl methyl sites for hydroxylation is 2. The highest BCUT2D eigenvalue weighted by Gasteiger charge is 2.18. The lowest BCUT2D eigenvalue weighted by Gasteiger charge is -2.23. The van der Waals surface area contributed by atoms with Crippen LogP contribution < -0.4 is 5.32 Å². The molecule has 6 heteroatoms. The molecule has 0 unspecified atom stereocenters. The molecular formula is C19H29N3O3. The first-order chi connectivity index (χ1) is 11.8. The predicted octanol–water partition coefficient (Wildman–Crippen LogP) is 1.37. The highest BCUT2D eigenvalue weighted by molar-refractivity contribution is 5.88. The van der Waals surface area contributed by atoms with Crippen LogP contribution >= 0.6 is 0 Å². The van der Waals surface area contributed by atoms with Gasteiger partial charge in [0.2, 0.25) is 17.7 Å². The number of likely N-dealkylation sites (N-methyl/N-ethyl adjacent to an activating group) is 1. The van der Waals surface area contributed by atoms with Gasteiger partial charge in [0.15, 0.2) is 0 Å². The summed E-state index contributed by atoms with van der Waals surface area (Å²) in [5.41, 5.74) is 2.28. The Bertz CT molecular complexity index is 582. The van der Waals surface area contributed by atoms with Crippen molar-refractivity contribution in [2.75, 3.05) is 33.7 Å². The first-order valence-corrected chi connectivity index (χ1v) is 8.63. The topological polar surface area (TPSA) is 69.7 Å². The molecule has 0 atom stereocenters. The van der Waals surface area contributed by atoms with Gasteiger partial charge >= 0.3 is 0 Å². The quantitative estimate of drug-likeness (QED) is 0.733. The molecule has 0 radical (unpaired) electrons. The molecule has 25 heavy (non-hydrogen) atoms. The Labute approximate surface area is 150 Å². The Kier molecular flexibility index (Phi) is 8.67. The minimum Gasteiger partial charge on any atom is -0.347 e. The number of carbonyl (C=O) groups is 3.